The molecule has 1 saturated heterocycles. The van der Waals surface area contributed by atoms with Gasteiger partial charge < -0.3 is 10.2 Å². The summed E-state index contributed by atoms with van der Waals surface area (Å²) in [6.07, 6.45) is 0.714. The summed E-state index contributed by atoms with van der Waals surface area (Å²) < 4.78 is 26.7. The zero-order valence-corrected chi connectivity index (χ0v) is 16.4. The third kappa shape index (κ3) is 5.00. The Labute approximate surface area is 164 Å². The molecule has 2 amide bonds. The molecule has 8 heteroatoms. The SMILES string of the molecule is O=C(NCCc1ccc(Cl)cc1)N1CCN(S(=O)(=O)c2ccccc2)CC1. The lowest BCUT2D eigenvalue weighted by Gasteiger charge is -2.34. The molecule has 2 aromatic rings. The number of hydrogen-bond acceptors (Lipinski definition) is 3. The highest BCUT2D eigenvalue weighted by Gasteiger charge is 2.29. The van der Waals surface area contributed by atoms with Crippen molar-refractivity contribution in [2.45, 2.75) is 11.3 Å². The highest BCUT2D eigenvalue weighted by atomic mass is 35.5. The Kier molecular flexibility index (Phi) is 6.36. The number of carbonyl (C=O) groups excluding carboxylic acids is 1. The van der Waals surface area contributed by atoms with E-state index in [1.807, 2.05) is 24.3 Å². The fraction of sp³-hybridized carbons (Fsp3) is 0.316. The smallest absolute Gasteiger partial charge is 0.317 e. The van der Waals surface area contributed by atoms with E-state index in [-0.39, 0.29) is 10.9 Å². The lowest BCUT2D eigenvalue weighted by atomic mass is 10.1. The summed E-state index contributed by atoms with van der Waals surface area (Å²) in [6, 6.07) is 15.7. The van der Waals surface area contributed by atoms with Crippen LogP contribution >= 0.6 is 11.6 Å². The molecular formula is C19H22ClN3O3S. The first-order chi connectivity index (χ1) is 13.0. The summed E-state index contributed by atoms with van der Waals surface area (Å²) in [7, 11) is -3.50. The quantitative estimate of drug-likeness (QED) is 0.828. The number of nitrogens with one attached hydrogen (secondary N) is 1. The fourth-order valence-electron chi connectivity index (χ4n) is 2.95. The second-order valence-corrected chi connectivity index (χ2v) is 8.69. The summed E-state index contributed by atoms with van der Waals surface area (Å²) in [6.45, 7) is 1.85. The van der Waals surface area contributed by atoms with Gasteiger partial charge in [-0.1, -0.05) is 41.9 Å². The molecule has 0 atom stereocenters. The van der Waals surface area contributed by atoms with Gasteiger partial charge in [0.25, 0.3) is 0 Å². The largest absolute Gasteiger partial charge is 0.338 e. The summed E-state index contributed by atoms with van der Waals surface area (Å²) >= 11 is 5.86. The second kappa shape index (κ2) is 8.73. The minimum absolute atomic E-state index is 0.166. The van der Waals surface area contributed by atoms with Gasteiger partial charge in [-0.25, -0.2) is 13.2 Å². The molecule has 1 heterocycles. The number of halogens is 1. The zero-order valence-electron chi connectivity index (χ0n) is 14.8. The van der Waals surface area contributed by atoms with E-state index >= 15 is 0 Å². The molecule has 1 aliphatic rings. The minimum Gasteiger partial charge on any atom is -0.338 e. The highest BCUT2D eigenvalue weighted by molar-refractivity contribution is 7.89. The topological polar surface area (TPSA) is 69.7 Å². The predicted molar refractivity (Wildman–Crippen MR) is 105 cm³/mol. The Morgan fingerprint density at radius 3 is 2.22 bits per heavy atom. The van der Waals surface area contributed by atoms with Crippen molar-refractivity contribution in [2.24, 2.45) is 0 Å². The maximum Gasteiger partial charge on any atom is 0.317 e. The first-order valence-electron chi connectivity index (χ1n) is 8.79. The Bertz CT molecular complexity index is 865. The molecule has 144 valence electrons. The van der Waals surface area contributed by atoms with Crippen LogP contribution in [0.15, 0.2) is 59.5 Å². The van der Waals surface area contributed by atoms with Crippen LogP contribution in [0.25, 0.3) is 0 Å². The Morgan fingerprint density at radius 1 is 0.963 bits per heavy atom. The van der Waals surface area contributed by atoms with Crippen LogP contribution in [0.3, 0.4) is 0 Å². The summed E-state index contributed by atoms with van der Waals surface area (Å²) in [5.74, 6) is 0. The lowest BCUT2D eigenvalue weighted by Crippen LogP contribution is -2.53. The van der Waals surface area contributed by atoms with Gasteiger partial charge in [0.15, 0.2) is 0 Å². The third-order valence-corrected chi connectivity index (χ3v) is 6.67. The molecular weight excluding hydrogens is 386 g/mol. The van der Waals surface area contributed by atoms with Crippen molar-refractivity contribution in [1.29, 1.82) is 0 Å². The Balaban J connectivity index is 1.47. The number of carbonyl (C=O) groups is 1. The molecule has 0 radical (unpaired) electrons. The monoisotopic (exact) mass is 407 g/mol. The molecule has 0 spiro atoms. The Hall–Kier alpha value is -2.09. The van der Waals surface area contributed by atoms with E-state index in [2.05, 4.69) is 5.32 Å². The number of rotatable bonds is 5. The number of sulfonamides is 1. The van der Waals surface area contributed by atoms with Crippen LogP contribution in [-0.2, 0) is 16.4 Å². The maximum absolute atomic E-state index is 12.6. The van der Waals surface area contributed by atoms with Crippen molar-refractivity contribution in [1.82, 2.24) is 14.5 Å². The van der Waals surface area contributed by atoms with E-state index in [0.717, 1.165) is 5.56 Å². The van der Waals surface area contributed by atoms with Gasteiger partial charge >= 0.3 is 6.03 Å². The van der Waals surface area contributed by atoms with Crippen molar-refractivity contribution < 1.29 is 13.2 Å². The normalized spacial score (nSPS) is 15.5. The van der Waals surface area contributed by atoms with Gasteiger partial charge in [-0.2, -0.15) is 4.31 Å². The standard InChI is InChI=1S/C19H22ClN3O3S/c20-17-8-6-16(7-9-17)10-11-21-19(24)22-12-14-23(15-13-22)27(25,26)18-4-2-1-3-5-18/h1-9H,10-15H2,(H,21,24). The molecule has 0 saturated carbocycles. The van der Waals surface area contributed by atoms with Crippen LogP contribution in [0.5, 0.6) is 0 Å². The molecule has 3 rings (SSSR count). The average molecular weight is 408 g/mol. The first kappa shape index (κ1) is 19.7. The lowest BCUT2D eigenvalue weighted by molar-refractivity contribution is 0.172. The van der Waals surface area contributed by atoms with E-state index in [1.54, 1.807) is 35.2 Å². The number of benzene rings is 2. The van der Waals surface area contributed by atoms with Crippen LogP contribution < -0.4 is 5.32 Å². The predicted octanol–water partition coefficient (Wildman–Crippen LogP) is 2.60. The number of amides is 2. The van der Waals surface area contributed by atoms with Crippen LogP contribution in [0.1, 0.15) is 5.56 Å². The molecule has 0 bridgehead atoms. The summed E-state index contributed by atoms with van der Waals surface area (Å²) in [4.78, 5) is 14.2. The molecule has 6 nitrogen and oxygen atoms in total. The first-order valence-corrected chi connectivity index (χ1v) is 10.6. The van der Waals surface area contributed by atoms with Crippen molar-refractivity contribution in [3.05, 3.63) is 65.2 Å². The highest BCUT2D eigenvalue weighted by Crippen LogP contribution is 2.17. The van der Waals surface area contributed by atoms with Gasteiger partial charge in [0.05, 0.1) is 4.90 Å². The van der Waals surface area contributed by atoms with Gasteiger partial charge in [0, 0.05) is 37.7 Å². The average Bonchev–Trinajstić information content (AvgIpc) is 2.70. The number of hydrogen-bond donors (Lipinski definition) is 1. The fourth-order valence-corrected chi connectivity index (χ4v) is 4.52. The second-order valence-electron chi connectivity index (χ2n) is 6.31. The molecule has 1 fully saturated rings. The van der Waals surface area contributed by atoms with Crippen LogP contribution in [0, 0.1) is 0 Å². The van der Waals surface area contributed by atoms with E-state index in [0.29, 0.717) is 44.2 Å². The molecule has 2 aromatic carbocycles. The van der Waals surface area contributed by atoms with Crippen molar-refractivity contribution >= 4 is 27.7 Å². The molecule has 1 N–H and O–H groups in total. The van der Waals surface area contributed by atoms with Crippen molar-refractivity contribution in [3.63, 3.8) is 0 Å². The van der Waals surface area contributed by atoms with Gasteiger partial charge in [-0.15, -0.1) is 0 Å². The molecule has 1 aliphatic heterocycles. The molecule has 27 heavy (non-hydrogen) atoms. The summed E-state index contributed by atoms with van der Waals surface area (Å²) in [5, 5.41) is 3.57. The molecule has 0 aromatic heterocycles. The van der Waals surface area contributed by atoms with Gasteiger partial charge in [0.1, 0.15) is 0 Å². The number of nitrogens with zero attached hydrogens (tertiary/aromatic N) is 2. The van der Waals surface area contributed by atoms with E-state index < -0.39 is 10.0 Å². The van der Waals surface area contributed by atoms with Gasteiger partial charge in [-0.3, -0.25) is 0 Å². The summed E-state index contributed by atoms with van der Waals surface area (Å²) in [5.41, 5.74) is 1.10. The van der Waals surface area contributed by atoms with E-state index in [1.165, 1.54) is 4.31 Å². The van der Waals surface area contributed by atoms with E-state index in [4.69, 9.17) is 11.6 Å². The van der Waals surface area contributed by atoms with Gasteiger partial charge in [0.2, 0.25) is 10.0 Å². The Morgan fingerprint density at radius 2 is 1.59 bits per heavy atom. The number of piperazine rings is 1. The van der Waals surface area contributed by atoms with Crippen LogP contribution in [0.4, 0.5) is 4.79 Å². The molecule has 0 aliphatic carbocycles. The van der Waals surface area contributed by atoms with E-state index in [9.17, 15) is 13.2 Å². The van der Waals surface area contributed by atoms with Crippen molar-refractivity contribution in [3.8, 4) is 0 Å². The maximum atomic E-state index is 12.6. The van der Waals surface area contributed by atoms with Gasteiger partial charge in [-0.05, 0) is 36.2 Å². The zero-order chi connectivity index (χ0) is 19.3. The number of urea groups is 1. The molecule has 0 unspecified atom stereocenters. The third-order valence-electron chi connectivity index (χ3n) is 4.51. The van der Waals surface area contributed by atoms with Crippen LogP contribution in [-0.4, -0.2) is 56.4 Å². The minimum atomic E-state index is -3.50. The van der Waals surface area contributed by atoms with Crippen LogP contribution in [0.2, 0.25) is 5.02 Å². The van der Waals surface area contributed by atoms with Crippen molar-refractivity contribution in [2.75, 3.05) is 32.7 Å².